The summed E-state index contributed by atoms with van der Waals surface area (Å²) >= 11 is 0. The molecule has 1 aliphatic heterocycles. The molecular formula is C13H22N4. The van der Waals surface area contributed by atoms with Crippen LogP contribution in [-0.4, -0.2) is 22.5 Å². The molecule has 2 rings (SSSR count). The average molecular weight is 234 g/mol. The Kier molecular flexibility index (Phi) is 3.97. The van der Waals surface area contributed by atoms with Gasteiger partial charge in [-0.1, -0.05) is 6.92 Å². The van der Waals surface area contributed by atoms with Crippen LogP contribution in [0.2, 0.25) is 0 Å². The van der Waals surface area contributed by atoms with E-state index in [-0.39, 0.29) is 0 Å². The highest BCUT2D eigenvalue weighted by atomic mass is 15.2. The van der Waals surface area contributed by atoms with Crippen LogP contribution in [0.1, 0.15) is 32.3 Å². The predicted octanol–water partition coefficient (Wildman–Crippen LogP) is 1.99. The highest BCUT2D eigenvalue weighted by Gasteiger charge is 2.22. The van der Waals surface area contributed by atoms with Crippen LogP contribution in [0.5, 0.6) is 0 Å². The Morgan fingerprint density at radius 3 is 3.06 bits per heavy atom. The van der Waals surface area contributed by atoms with E-state index in [0.29, 0.717) is 6.04 Å². The molecule has 0 saturated carbocycles. The number of aromatic nitrogens is 1. The number of hydrogen-bond donors (Lipinski definition) is 2. The number of pyridine rings is 1. The van der Waals surface area contributed by atoms with Gasteiger partial charge in [0.15, 0.2) is 0 Å². The highest BCUT2D eigenvalue weighted by molar-refractivity contribution is 5.35. The molecule has 4 heteroatoms. The summed E-state index contributed by atoms with van der Waals surface area (Å²) in [6.07, 6.45) is 4.41. The van der Waals surface area contributed by atoms with Crippen LogP contribution in [0.15, 0.2) is 18.3 Å². The average Bonchev–Trinajstić information content (AvgIpc) is 2.33. The third-order valence-corrected chi connectivity index (χ3v) is 3.63. The second-order valence-corrected chi connectivity index (χ2v) is 5.14. The molecule has 2 atom stereocenters. The van der Waals surface area contributed by atoms with Gasteiger partial charge >= 0.3 is 0 Å². The van der Waals surface area contributed by atoms with Gasteiger partial charge in [0.1, 0.15) is 5.82 Å². The summed E-state index contributed by atoms with van der Waals surface area (Å²) in [5.41, 5.74) is 3.87. The largest absolute Gasteiger partial charge is 0.308 e. The van der Waals surface area contributed by atoms with Crippen molar-refractivity contribution in [3.63, 3.8) is 0 Å². The Morgan fingerprint density at radius 2 is 2.35 bits per heavy atom. The summed E-state index contributed by atoms with van der Waals surface area (Å²) in [6, 6.07) is 4.75. The van der Waals surface area contributed by atoms with Gasteiger partial charge in [0, 0.05) is 18.8 Å². The minimum Gasteiger partial charge on any atom is -0.308 e. The molecule has 2 unspecified atom stereocenters. The number of hydrazine groups is 1. The Labute approximate surface area is 103 Å². The summed E-state index contributed by atoms with van der Waals surface area (Å²) in [7, 11) is 0. The fourth-order valence-electron chi connectivity index (χ4n) is 2.58. The van der Waals surface area contributed by atoms with Gasteiger partial charge in [-0.05, 0) is 49.9 Å². The van der Waals surface area contributed by atoms with Crippen molar-refractivity contribution in [2.45, 2.75) is 39.3 Å². The van der Waals surface area contributed by atoms with Crippen LogP contribution in [-0.2, 0) is 6.54 Å². The van der Waals surface area contributed by atoms with Crippen LogP contribution in [0.3, 0.4) is 0 Å². The number of piperidine rings is 1. The first-order valence-corrected chi connectivity index (χ1v) is 6.34. The minimum atomic E-state index is 0.668. The van der Waals surface area contributed by atoms with E-state index in [9.17, 15) is 0 Å². The molecule has 0 radical (unpaired) electrons. The van der Waals surface area contributed by atoms with Crippen molar-refractivity contribution in [1.82, 2.24) is 9.88 Å². The number of nitrogens with one attached hydrogen (secondary N) is 1. The van der Waals surface area contributed by atoms with Crippen LogP contribution >= 0.6 is 0 Å². The number of likely N-dealkylation sites (tertiary alicyclic amines) is 1. The maximum Gasteiger partial charge on any atom is 0.140 e. The van der Waals surface area contributed by atoms with E-state index < -0.39 is 0 Å². The van der Waals surface area contributed by atoms with Crippen LogP contribution in [0.25, 0.3) is 0 Å². The molecule has 0 bridgehead atoms. The predicted molar refractivity (Wildman–Crippen MR) is 70.3 cm³/mol. The topological polar surface area (TPSA) is 54.2 Å². The quantitative estimate of drug-likeness (QED) is 0.620. The zero-order chi connectivity index (χ0) is 12.3. The molecule has 0 amide bonds. The van der Waals surface area contributed by atoms with Crippen molar-refractivity contribution in [1.29, 1.82) is 0 Å². The molecule has 17 heavy (non-hydrogen) atoms. The van der Waals surface area contributed by atoms with Crippen molar-refractivity contribution in [2.75, 3.05) is 12.0 Å². The second-order valence-electron chi connectivity index (χ2n) is 5.14. The van der Waals surface area contributed by atoms with Gasteiger partial charge in [-0.25, -0.2) is 10.8 Å². The molecule has 1 fully saturated rings. The highest BCUT2D eigenvalue weighted by Crippen LogP contribution is 2.23. The lowest BCUT2D eigenvalue weighted by Crippen LogP contribution is -2.39. The van der Waals surface area contributed by atoms with E-state index >= 15 is 0 Å². The lowest BCUT2D eigenvalue weighted by molar-refractivity contribution is 0.122. The van der Waals surface area contributed by atoms with E-state index in [1.54, 1.807) is 0 Å². The van der Waals surface area contributed by atoms with Gasteiger partial charge < -0.3 is 5.43 Å². The fraction of sp³-hybridized carbons (Fsp3) is 0.615. The monoisotopic (exact) mass is 234 g/mol. The van der Waals surface area contributed by atoms with Gasteiger partial charge in [-0.15, -0.1) is 0 Å². The molecule has 1 aliphatic rings. The van der Waals surface area contributed by atoms with Crippen molar-refractivity contribution in [2.24, 2.45) is 11.8 Å². The van der Waals surface area contributed by atoms with E-state index in [4.69, 9.17) is 5.84 Å². The molecule has 0 aliphatic carbocycles. The molecule has 0 aromatic carbocycles. The molecular weight excluding hydrogens is 212 g/mol. The van der Waals surface area contributed by atoms with E-state index in [0.717, 1.165) is 18.3 Å². The zero-order valence-electron chi connectivity index (χ0n) is 10.7. The Bertz CT molecular complexity index is 366. The lowest BCUT2D eigenvalue weighted by atomic mass is 9.93. The molecule has 1 aromatic heterocycles. The van der Waals surface area contributed by atoms with Crippen molar-refractivity contribution >= 4 is 5.82 Å². The van der Waals surface area contributed by atoms with Gasteiger partial charge in [0.05, 0.1) is 0 Å². The summed E-state index contributed by atoms with van der Waals surface area (Å²) in [4.78, 5) is 6.66. The van der Waals surface area contributed by atoms with Crippen LogP contribution in [0, 0.1) is 5.92 Å². The zero-order valence-corrected chi connectivity index (χ0v) is 10.7. The van der Waals surface area contributed by atoms with Gasteiger partial charge in [-0.3, -0.25) is 4.90 Å². The number of anilines is 1. The molecule has 0 spiro atoms. The third kappa shape index (κ3) is 3.17. The number of nitrogen functional groups attached to an aromatic ring is 1. The Morgan fingerprint density at radius 1 is 1.53 bits per heavy atom. The standard InChI is InChI=1S/C13H22N4/c1-10-4-6-17(11(2)7-10)9-12-3-5-15-13(8-12)16-14/h3,5,8,10-11H,4,6-7,9,14H2,1-2H3,(H,15,16). The van der Waals surface area contributed by atoms with E-state index in [1.807, 2.05) is 12.3 Å². The van der Waals surface area contributed by atoms with Crippen molar-refractivity contribution < 1.29 is 0 Å². The summed E-state index contributed by atoms with van der Waals surface area (Å²) in [6.45, 7) is 6.84. The Balaban J connectivity index is 2.00. The first-order chi connectivity index (χ1) is 8.19. The first-order valence-electron chi connectivity index (χ1n) is 6.34. The van der Waals surface area contributed by atoms with Gasteiger partial charge in [-0.2, -0.15) is 0 Å². The molecule has 4 nitrogen and oxygen atoms in total. The van der Waals surface area contributed by atoms with Gasteiger partial charge in [0.2, 0.25) is 0 Å². The number of rotatable bonds is 3. The second kappa shape index (κ2) is 5.47. The Hall–Kier alpha value is -1.13. The van der Waals surface area contributed by atoms with E-state index in [1.165, 1.54) is 24.9 Å². The third-order valence-electron chi connectivity index (χ3n) is 3.63. The summed E-state index contributed by atoms with van der Waals surface area (Å²) in [5, 5.41) is 0. The molecule has 3 N–H and O–H groups in total. The minimum absolute atomic E-state index is 0.668. The number of hydrogen-bond acceptors (Lipinski definition) is 4. The molecule has 1 saturated heterocycles. The fourth-order valence-corrected chi connectivity index (χ4v) is 2.58. The maximum absolute atomic E-state index is 5.37. The summed E-state index contributed by atoms with van der Waals surface area (Å²) in [5.74, 6) is 6.97. The van der Waals surface area contributed by atoms with Crippen molar-refractivity contribution in [3.8, 4) is 0 Å². The maximum atomic E-state index is 5.37. The molecule has 94 valence electrons. The summed E-state index contributed by atoms with van der Waals surface area (Å²) < 4.78 is 0. The SMILES string of the molecule is CC1CCN(Cc2ccnc(NN)c2)C(C)C1. The lowest BCUT2D eigenvalue weighted by Gasteiger charge is -2.36. The number of nitrogens with two attached hydrogens (primary N) is 1. The van der Waals surface area contributed by atoms with E-state index in [2.05, 4.69) is 35.2 Å². The van der Waals surface area contributed by atoms with Crippen molar-refractivity contribution in [3.05, 3.63) is 23.9 Å². The van der Waals surface area contributed by atoms with Crippen LogP contribution < -0.4 is 11.3 Å². The van der Waals surface area contributed by atoms with Gasteiger partial charge in [0.25, 0.3) is 0 Å². The smallest absolute Gasteiger partial charge is 0.140 e. The molecule has 2 heterocycles. The number of nitrogens with zero attached hydrogens (tertiary/aromatic N) is 2. The first kappa shape index (κ1) is 12.3. The normalized spacial score (nSPS) is 25.8. The van der Waals surface area contributed by atoms with Crippen LogP contribution in [0.4, 0.5) is 5.82 Å². The molecule has 1 aromatic rings.